The van der Waals surface area contributed by atoms with Crippen LogP contribution in [0.1, 0.15) is 56.6 Å². The number of aromatic nitrogens is 5. The van der Waals surface area contributed by atoms with Crippen LogP contribution >= 0.6 is 0 Å². The number of alkyl halides is 2. The van der Waals surface area contributed by atoms with Crippen molar-refractivity contribution in [2.75, 3.05) is 29.9 Å². The second kappa shape index (κ2) is 13.6. The maximum atomic E-state index is 14.1. The van der Waals surface area contributed by atoms with Gasteiger partial charge in [-0.1, -0.05) is 49.6 Å². The third-order valence-electron chi connectivity index (χ3n) is 10.3. The van der Waals surface area contributed by atoms with Crippen molar-refractivity contribution in [3.63, 3.8) is 0 Å². The van der Waals surface area contributed by atoms with Crippen molar-refractivity contribution in [1.29, 1.82) is 0 Å². The molecular weight excluding hydrogens is 636 g/mol. The van der Waals surface area contributed by atoms with Crippen molar-refractivity contribution in [1.82, 2.24) is 30.0 Å². The lowest BCUT2D eigenvalue weighted by atomic mass is 10.1. The summed E-state index contributed by atoms with van der Waals surface area (Å²) in [6.45, 7) is 3.93. The maximum absolute atomic E-state index is 14.1. The molecule has 3 aromatic heterocycles. The molecule has 7 rings (SSSR count). The predicted octanol–water partition coefficient (Wildman–Crippen LogP) is 6.42. The van der Waals surface area contributed by atoms with E-state index in [1.807, 2.05) is 60.6 Å². The highest BCUT2D eigenvalue weighted by Gasteiger charge is 2.72. The van der Waals surface area contributed by atoms with E-state index in [4.69, 9.17) is 11.4 Å². The number of hydrogen-bond donors (Lipinski definition) is 2. The molecular formula is C38H42F2N9O+. The minimum Gasteiger partial charge on any atom is -0.355 e. The number of nitrogens with zero attached hydrogens (tertiary/aromatic N) is 7. The smallest absolute Gasteiger partial charge is 0.355 e. The standard InChI is InChI=1S/C38H41F2N9O/c1-4-10-30-31(13-9-17-41-35-43-20-27(5-2)34(46-35)48-18-16-37(25-48)24-38(37,39)40)33(30)49(36(50)44-19-26-11-7-6-8-12-26)32-15-14-28(21-42-32)29-22-45-47(3)23-29/h2,6-8,11-12,14-15,20-23,30-31H,4,9-10,13,16-19,24-25H2,1,3H3,(H-,41,43,44,46,50)/p+1/b49-33-. The summed E-state index contributed by atoms with van der Waals surface area (Å²) in [5.74, 6) is 2.03. The summed E-state index contributed by atoms with van der Waals surface area (Å²) in [7, 11) is 1.87. The number of aryl methyl sites for hydroxylation is 1. The van der Waals surface area contributed by atoms with E-state index >= 15 is 0 Å². The van der Waals surface area contributed by atoms with Gasteiger partial charge in [-0.25, -0.2) is 18.6 Å². The molecule has 4 heterocycles. The molecule has 2 saturated carbocycles. The van der Waals surface area contributed by atoms with Gasteiger partial charge in [0.25, 0.3) is 11.7 Å². The van der Waals surface area contributed by atoms with Crippen LogP contribution in [0.25, 0.3) is 11.1 Å². The maximum Gasteiger partial charge on any atom is 0.441 e. The van der Waals surface area contributed by atoms with Gasteiger partial charge in [0.05, 0.1) is 35.6 Å². The number of rotatable bonds is 12. The first kappa shape index (κ1) is 33.3. The number of hydrogen-bond acceptors (Lipinski definition) is 7. The van der Waals surface area contributed by atoms with Crippen LogP contribution in [0.2, 0.25) is 0 Å². The molecule has 1 saturated heterocycles. The summed E-state index contributed by atoms with van der Waals surface area (Å²) in [6, 6.07) is 13.5. The van der Waals surface area contributed by atoms with E-state index in [2.05, 4.69) is 38.5 Å². The van der Waals surface area contributed by atoms with E-state index in [0.29, 0.717) is 49.2 Å². The van der Waals surface area contributed by atoms with Crippen LogP contribution in [-0.2, 0) is 13.6 Å². The lowest BCUT2D eigenvalue weighted by Gasteiger charge is -2.19. The van der Waals surface area contributed by atoms with Gasteiger partial charge < -0.3 is 10.2 Å². The molecule has 3 fully saturated rings. The number of benzene rings is 1. The molecule has 10 nitrogen and oxygen atoms in total. The first-order chi connectivity index (χ1) is 24.2. The Kier molecular flexibility index (Phi) is 9.07. The van der Waals surface area contributed by atoms with Crippen LogP contribution in [0.3, 0.4) is 0 Å². The van der Waals surface area contributed by atoms with E-state index in [9.17, 15) is 13.6 Å². The fraction of sp³-hybridized carbons (Fsp3) is 0.421. The van der Waals surface area contributed by atoms with Gasteiger partial charge in [-0.2, -0.15) is 14.7 Å². The number of amides is 2. The Balaban J connectivity index is 1.06. The van der Waals surface area contributed by atoms with Crippen molar-refractivity contribution in [3.05, 3.63) is 78.4 Å². The zero-order valence-corrected chi connectivity index (χ0v) is 28.4. The fourth-order valence-electron chi connectivity index (χ4n) is 7.37. The summed E-state index contributed by atoms with van der Waals surface area (Å²) < 4.78 is 31.6. The molecule has 3 unspecified atom stereocenters. The Morgan fingerprint density at radius 1 is 1.08 bits per heavy atom. The molecule has 2 amide bonds. The normalized spacial score (nSPS) is 22.7. The number of carbonyl (C=O) groups excluding carboxylic acids is 1. The molecule has 2 N–H and O–H groups in total. The Hall–Kier alpha value is -5.18. The second-order valence-electron chi connectivity index (χ2n) is 13.7. The number of nitrogens with one attached hydrogen (secondary N) is 2. The molecule has 12 heteroatoms. The van der Waals surface area contributed by atoms with Crippen molar-refractivity contribution in [3.8, 4) is 23.5 Å². The average Bonchev–Trinajstić information content (AvgIpc) is 3.68. The molecule has 258 valence electrons. The van der Waals surface area contributed by atoms with E-state index in [-0.39, 0.29) is 30.8 Å². The molecule has 1 aliphatic heterocycles. The van der Waals surface area contributed by atoms with Crippen LogP contribution in [0, 0.1) is 29.6 Å². The summed E-state index contributed by atoms with van der Waals surface area (Å²) >= 11 is 0. The van der Waals surface area contributed by atoms with Crippen molar-refractivity contribution in [2.45, 2.75) is 57.9 Å². The summed E-state index contributed by atoms with van der Waals surface area (Å²) in [4.78, 5) is 29.6. The molecule has 3 aliphatic rings. The Labute approximate surface area is 291 Å². The highest BCUT2D eigenvalue weighted by molar-refractivity contribution is 6.03. The van der Waals surface area contributed by atoms with Gasteiger partial charge in [0, 0.05) is 68.3 Å². The van der Waals surface area contributed by atoms with Crippen molar-refractivity contribution in [2.24, 2.45) is 24.3 Å². The van der Waals surface area contributed by atoms with Gasteiger partial charge in [0.1, 0.15) is 12.0 Å². The molecule has 50 heavy (non-hydrogen) atoms. The number of anilines is 2. The van der Waals surface area contributed by atoms with Crippen LogP contribution in [-0.4, -0.2) is 66.6 Å². The van der Waals surface area contributed by atoms with Gasteiger partial charge in [-0.3, -0.25) is 10.00 Å². The molecule has 3 atom stereocenters. The van der Waals surface area contributed by atoms with Gasteiger partial charge in [0.2, 0.25) is 5.95 Å². The Morgan fingerprint density at radius 3 is 2.54 bits per heavy atom. The van der Waals surface area contributed by atoms with Crippen LogP contribution in [0.4, 0.5) is 31.2 Å². The fourth-order valence-corrected chi connectivity index (χ4v) is 7.37. The molecule has 2 aliphatic carbocycles. The molecule has 0 bridgehead atoms. The minimum absolute atomic E-state index is 0.0733. The highest BCUT2D eigenvalue weighted by Crippen LogP contribution is 2.65. The molecule has 0 radical (unpaired) electrons. The van der Waals surface area contributed by atoms with Gasteiger partial charge in [-0.15, -0.1) is 11.4 Å². The SMILES string of the molecule is C#Cc1cnc(NCCCC2/C(=[N+](\C(=O)NCc3ccccc3)c3ccc(-c4cnn(C)c4)cn3)C2CCC)nc1N1CCC2(C1)CC2(F)F. The first-order valence-corrected chi connectivity index (χ1v) is 17.4. The second-order valence-corrected chi connectivity index (χ2v) is 13.7. The van der Waals surface area contributed by atoms with Crippen molar-refractivity contribution >= 4 is 29.3 Å². The predicted molar refractivity (Wildman–Crippen MR) is 188 cm³/mol. The van der Waals surface area contributed by atoms with E-state index < -0.39 is 11.3 Å². The third kappa shape index (κ3) is 6.69. The number of halogens is 2. The minimum atomic E-state index is -2.61. The van der Waals surface area contributed by atoms with Gasteiger partial charge >= 0.3 is 6.03 Å². The average molecular weight is 679 g/mol. The quantitative estimate of drug-likeness (QED) is 0.101. The third-order valence-corrected chi connectivity index (χ3v) is 10.3. The first-order valence-electron chi connectivity index (χ1n) is 17.4. The summed E-state index contributed by atoms with van der Waals surface area (Å²) in [5.41, 5.74) is 3.53. The molecule has 1 aromatic carbocycles. The topological polar surface area (TPSA) is 104 Å². The van der Waals surface area contributed by atoms with E-state index in [1.165, 1.54) is 0 Å². The van der Waals surface area contributed by atoms with Crippen LogP contribution < -0.4 is 15.5 Å². The monoisotopic (exact) mass is 678 g/mol. The number of terminal acetylenes is 1. The number of carbonyl (C=O) groups is 1. The molecule has 1 spiro atoms. The largest absolute Gasteiger partial charge is 0.441 e. The summed E-state index contributed by atoms with van der Waals surface area (Å²) in [5, 5.41) is 10.7. The number of urea groups is 1. The lowest BCUT2D eigenvalue weighted by Crippen LogP contribution is -2.32. The number of pyridine rings is 1. The summed E-state index contributed by atoms with van der Waals surface area (Å²) in [6.07, 6.45) is 16.8. The van der Waals surface area contributed by atoms with Gasteiger partial charge in [-0.05, 0) is 37.3 Å². The van der Waals surface area contributed by atoms with Gasteiger partial charge in [0.15, 0.2) is 0 Å². The molecule has 4 aromatic rings. The van der Waals surface area contributed by atoms with Crippen LogP contribution in [0.5, 0.6) is 0 Å². The van der Waals surface area contributed by atoms with E-state index in [0.717, 1.165) is 48.1 Å². The lowest BCUT2D eigenvalue weighted by molar-refractivity contribution is -0.337. The van der Waals surface area contributed by atoms with E-state index in [1.54, 1.807) is 27.8 Å². The van der Waals surface area contributed by atoms with Crippen LogP contribution in [0.15, 0.2) is 67.3 Å². The van der Waals surface area contributed by atoms with Crippen molar-refractivity contribution < 1.29 is 18.2 Å². The Morgan fingerprint density at radius 2 is 1.88 bits per heavy atom. The zero-order chi connectivity index (χ0) is 34.9. The Bertz CT molecular complexity index is 1940. The highest BCUT2D eigenvalue weighted by atomic mass is 19.3. The zero-order valence-electron chi connectivity index (χ0n) is 28.4.